The van der Waals surface area contributed by atoms with Gasteiger partial charge in [-0.25, -0.2) is 13.1 Å². The molecule has 4 N–H and O–H groups in total. The SMILES string of the molecule is Cc1ccccc1[C@@H]1COCCN1C1CC2(CCN(c3ccc(C(=O)NS(=O)(=O)c4cc5c(c([N+](=O)[O-])c4)N[C@H](CN4CCC(C)(O)CC4)CO5)c(N4c5cc6cc[nH]c6nc5O[C@H]5COCC[C@@H]54)c3)CC2)C1. The highest BCUT2D eigenvalue weighted by atomic mass is 32.2. The molecule has 0 unspecified atom stereocenters. The van der Waals surface area contributed by atoms with Crippen molar-refractivity contribution >= 4 is 55.4 Å². The van der Waals surface area contributed by atoms with Crippen molar-refractivity contribution in [1.82, 2.24) is 24.5 Å². The third kappa shape index (κ3) is 9.13. The number of carbonyl (C=O) groups excluding carboxylic acids is 1. The fourth-order valence-corrected chi connectivity index (χ4v) is 13.6. The van der Waals surface area contributed by atoms with E-state index in [9.17, 15) is 28.4 Å². The Hall–Kier alpha value is -6.03. The molecule has 1 saturated carbocycles. The molecule has 1 aliphatic carbocycles. The van der Waals surface area contributed by atoms with E-state index in [0.29, 0.717) is 87.7 Å². The number of hydrogen-bond donors (Lipinski definition) is 4. The second-order valence-corrected chi connectivity index (χ2v) is 23.3. The monoisotopic (exact) mass is 1020 g/mol. The molecule has 1 spiro atoms. The molecule has 5 aromatic rings. The molecule has 12 rings (SSSR count). The minimum atomic E-state index is -4.72. The van der Waals surface area contributed by atoms with Gasteiger partial charge in [-0.15, -0.1) is 0 Å². The molecule has 20 heteroatoms. The lowest BCUT2D eigenvalue weighted by Crippen LogP contribution is -2.58. The van der Waals surface area contributed by atoms with Gasteiger partial charge in [0, 0.05) is 81.3 Å². The van der Waals surface area contributed by atoms with Crippen LogP contribution in [0.25, 0.3) is 11.0 Å². The highest BCUT2D eigenvalue weighted by Gasteiger charge is 2.50. The van der Waals surface area contributed by atoms with E-state index >= 15 is 0 Å². The lowest BCUT2D eigenvalue weighted by atomic mass is 9.59. The summed E-state index contributed by atoms with van der Waals surface area (Å²) >= 11 is 0. The predicted molar refractivity (Wildman–Crippen MR) is 274 cm³/mol. The molecule has 4 atom stereocenters. The molecule has 19 nitrogen and oxygen atoms in total. The number of ether oxygens (including phenoxy) is 4. The van der Waals surface area contributed by atoms with E-state index in [4.69, 9.17) is 23.9 Å². The molecule has 3 aromatic carbocycles. The smallest absolute Gasteiger partial charge is 0.297 e. The summed E-state index contributed by atoms with van der Waals surface area (Å²) in [4.78, 5) is 43.6. The maximum atomic E-state index is 14.8. The molecule has 0 radical (unpaired) electrons. The molecule has 4 saturated heterocycles. The summed E-state index contributed by atoms with van der Waals surface area (Å²) in [6, 6.07) is 20.4. The molecule has 73 heavy (non-hydrogen) atoms. The first kappa shape index (κ1) is 47.9. The zero-order chi connectivity index (χ0) is 50.2. The third-order valence-corrected chi connectivity index (χ3v) is 18.1. The maximum Gasteiger partial charge on any atom is 0.297 e. The van der Waals surface area contributed by atoms with E-state index < -0.39 is 43.1 Å². The van der Waals surface area contributed by atoms with Gasteiger partial charge in [-0.3, -0.25) is 19.8 Å². The van der Waals surface area contributed by atoms with E-state index in [1.54, 1.807) is 12.3 Å². The number of morpholine rings is 1. The Bertz CT molecular complexity index is 3050. The average molecular weight is 1020 g/mol. The molecular weight excluding hydrogens is 955 g/mol. The minimum Gasteiger partial charge on any atom is -0.489 e. The second kappa shape index (κ2) is 18.7. The number of rotatable bonds is 10. The van der Waals surface area contributed by atoms with Crippen molar-refractivity contribution in [1.29, 1.82) is 0 Å². The van der Waals surface area contributed by atoms with Crippen molar-refractivity contribution < 1.29 is 42.2 Å². The van der Waals surface area contributed by atoms with Gasteiger partial charge in [0.15, 0.2) is 11.4 Å². The Labute approximate surface area is 424 Å². The van der Waals surface area contributed by atoms with Crippen molar-refractivity contribution in [3.05, 3.63) is 99.7 Å². The van der Waals surface area contributed by atoms with E-state index in [1.807, 2.05) is 31.2 Å². The van der Waals surface area contributed by atoms with Crippen LogP contribution in [0.5, 0.6) is 11.6 Å². The van der Waals surface area contributed by atoms with Gasteiger partial charge in [-0.2, -0.15) is 4.98 Å². The number of nitro groups is 1. The number of aryl methyl sites for hydroxylation is 1. The molecule has 5 fully saturated rings. The highest BCUT2D eigenvalue weighted by Crippen LogP contribution is 2.54. The second-order valence-electron chi connectivity index (χ2n) is 21.6. The van der Waals surface area contributed by atoms with Gasteiger partial charge in [-0.1, -0.05) is 24.3 Å². The first-order valence-corrected chi connectivity index (χ1v) is 27.2. The van der Waals surface area contributed by atoms with Crippen molar-refractivity contribution in [2.75, 3.05) is 87.4 Å². The Morgan fingerprint density at radius 3 is 2.53 bits per heavy atom. The Balaban J connectivity index is 0.825. The highest BCUT2D eigenvalue weighted by molar-refractivity contribution is 7.90. The molecule has 7 aliphatic rings. The van der Waals surface area contributed by atoms with Crippen LogP contribution >= 0.6 is 0 Å². The lowest BCUT2D eigenvalue weighted by molar-refractivity contribution is -0.384. The quantitative estimate of drug-likeness (QED) is 0.0876. The molecule has 6 aliphatic heterocycles. The topological polar surface area (TPSA) is 217 Å². The predicted octanol–water partition coefficient (Wildman–Crippen LogP) is 6.43. The van der Waals surface area contributed by atoms with Gasteiger partial charge < -0.3 is 49.1 Å². The van der Waals surface area contributed by atoms with E-state index in [-0.39, 0.29) is 47.1 Å². The Kier molecular flexibility index (Phi) is 12.3. The number of H-pyrrole nitrogens is 1. The summed E-state index contributed by atoms with van der Waals surface area (Å²) in [5.41, 5.74) is 4.47. The summed E-state index contributed by atoms with van der Waals surface area (Å²) in [6.45, 7) is 10.7. The third-order valence-electron chi connectivity index (χ3n) is 16.8. The summed E-state index contributed by atoms with van der Waals surface area (Å²) < 4.78 is 55.5. The van der Waals surface area contributed by atoms with Crippen molar-refractivity contribution in [3.63, 3.8) is 0 Å². The van der Waals surface area contributed by atoms with Crippen LogP contribution in [-0.2, 0) is 19.5 Å². The van der Waals surface area contributed by atoms with E-state index in [0.717, 1.165) is 69.1 Å². The number of aromatic nitrogens is 2. The maximum absolute atomic E-state index is 14.8. The molecule has 8 heterocycles. The summed E-state index contributed by atoms with van der Waals surface area (Å²) in [7, 11) is -4.72. The number of amides is 1. The van der Waals surface area contributed by atoms with Crippen LogP contribution in [-0.4, -0.2) is 146 Å². The lowest BCUT2D eigenvalue weighted by Gasteiger charge is -2.57. The zero-order valence-corrected chi connectivity index (χ0v) is 42.1. The molecular formula is C53H63N9O10S. The molecule has 2 aromatic heterocycles. The number of aromatic amines is 1. The van der Waals surface area contributed by atoms with Gasteiger partial charge in [0.1, 0.15) is 24.0 Å². The Morgan fingerprint density at radius 2 is 1.74 bits per heavy atom. The molecule has 386 valence electrons. The number of nitro benzene ring substituents is 1. The van der Waals surface area contributed by atoms with E-state index in [2.05, 4.69) is 65.8 Å². The summed E-state index contributed by atoms with van der Waals surface area (Å²) in [5.74, 6) is -0.548. The number of carbonyl (C=O) groups is 1. The number of aliphatic hydroxyl groups is 1. The average Bonchev–Trinajstić information content (AvgIpc) is 3.84. The van der Waals surface area contributed by atoms with Crippen LogP contribution < -0.4 is 29.3 Å². The zero-order valence-electron chi connectivity index (χ0n) is 41.3. The first-order chi connectivity index (χ1) is 35.2. The first-order valence-electron chi connectivity index (χ1n) is 25.7. The van der Waals surface area contributed by atoms with Gasteiger partial charge >= 0.3 is 0 Å². The number of pyridine rings is 1. The normalized spacial score (nSPS) is 25.1. The van der Waals surface area contributed by atoms with Crippen LogP contribution in [0.1, 0.15) is 79.4 Å². The number of likely N-dealkylation sites (tertiary alicyclic amines) is 1. The van der Waals surface area contributed by atoms with Crippen molar-refractivity contribution in [2.45, 2.75) is 99.6 Å². The summed E-state index contributed by atoms with van der Waals surface area (Å²) in [6.07, 6.45) is 7.45. The molecule has 0 bridgehead atoms. The number of nitrogens with one attached hydrogen (secondary N) is 3. The standard InChI is InChI=1S/C53H63N9O10S/c1-33-5-3-4-6-39(33)45-31-70-22-20-60(45)37-27-53(28-37)13-18-59(19-14-53)36-7-8-40(42(24-36)61-41-10-21-69-32-47(41)72-51-44(61)23-34-9-15-54-49(34)56-51)50(63)57-73(67,68)38-25-43(62(65)66)48-46(26-38)71-30-35(55-48)29-58-16-11-52(2,64)12-17-58/h3-9,15,23-26,35,37,41,45,47,55,64H,10-14,16-22,27-32H2,1-2H3,(H,54,56)(H,57,63)/t35-,41+,45+,47+/m1/s1. The van der Waals surface area contributed by atoms with E-state index in [1.165, 1.54) is 17.2 Å². The van der Waals surface area contributed by atoms with Crippen LogP contribution in [0.2, 0.25) is 0 Å². The minimum absolute atomic E-state index is 0.00256. The van der Waals surface area contributed by atoms with Crippen LogP contribution in [0.4, 0.5) is 28.4 Å². The number of sulfonamides is 1. The Morgan fingerprint density at radius 1 is 0.945 bits per heavy atom. The molecule has 1 amide bonds. The van der Waals surface area contributed by atoms with Crippen molar-refractivity contribution in [2.24, 2.45) is 5.41 Å². The number of hydrogen-bond acceptors (Lipinski definition) is 16. The van der Waals surface area contributed by atoms with Crippen molar-refractivity contribution in [3.8, 4) is 11.6 Å². The number of anilines is 4. The van der Waals surface area contributed by atoms with Crippen LogP contribution in [0.15, 0.2) is 77.8 Å². The fraction of sp³-hybridized carbons (Fsp3) is 0.509. The fourth-order valence-electron chi connectivity index (χ4n) is 12.6. The van der Waals surface area contributed by atoms with Gasteiger partial charge in [0.25, 0.3) is 21.6 Å². The number of benzene rings is 3. The van der Waals surface area contributed by atoms with Crippen LogP contribution in [0.3, 0.4) is 0 Å². The summed E-state index contributed by atoms with van der Waals surface area (Å²) in [5, 5.41) is 27.1. The van der Waals surface area contributed by atoms with Crippen LogP contribution in [0, 0.1) is 22.5 Å². The number of nitrogens with zero attached hydrogens (tertiary/aromatic N) is 6. The number of piperidine rings is 2. The van der Waals surface area contributed by atoms with Gasteiger partial charge in [0.05, 0.1) is 64.6 Å². The largest absolute Gasteiger partial charge is 0.489 e. The number of fused-ring (bicyclic) bond motifs is 4. The van der Waals surface area contributed by atoms with Gasteiger partial charge in [0.2, 0.25) is 5.88 Å². The van der Waals surface area contributed by atoms with Gasteiger partial charge in [-0.05, 0) is 106 Å².